The molecule has 1 unspecified atom stereocenters. The molecule has 2 aromatic carbocycles. The van der Waals surface area contributed by atoms with Crippen molar-refractivity contribution in [3.63, 3.8) is 0 Å². The number of aromatic nitrogens is 2. The molecular weight excluding hydrogens is 407 g/mol. The van der Waals surface area contributed by atoms with E-state index in [9.17, 15) is 4.79 Å². The second-order valence-electron chi connectivity index (χ2n) is 6.10. The van der Waals surface area contributed by atoms with Crippen LogP contribution in [0.1, 0.15) is 16.7 Å². The van der Waals surface area contributed by atoms with E-state index in [4.69, 9.17) is 39.8 Å². The van der Waals surface area contributed by atoms with Gasteiger partial charge in [0.1, 0.15) is 6.04 Å². The number of nitrogens with one attached hydrogen (secondary N) is 2. The van der Waals surface area contributed by atoms with Gasteiger partial charge in [-0.25, -0.2) is 0 Å². The van der Waals surface area contributed by atoms with Gasteiger partial charge in [0.2, 0.25) is 5.91 Å². The highest BCUT2D eigenvalue weighted by Gasteiger charge is 2.27. The number of fused-ring (bicyclic) bond motifs is 1. The van der Waals surface area contributed by atoms with Crippen molar-refractivity contribution >= 4 is 52.1 Å². The first kappa shape index (κ1) is 18.0. The number of halogens is 3. The average molecular weight is 420 g/mol. The first-order valence-corrected chi connectivity index (χ1v) is 9.26. The van der Waals surface area contributed by atoms with E-state index in [0.29, 0.717) is 32.9 Å². The summed E-state index contributed by atoms with van der Waals surface area (Å²) in [6.07, 6.45) is 3.72. The topological polar surface area (TPSA) is 70.1 Å². The number of hydrogen-bond acceptors (Lipinski definition) is 3. The molecule has 27 heavy (non-hydrogen) atoms. The monoisotopic (exact) mass is 418 g/mol. The molecule has 1 amide bonds. The van der Waals surface area contributed by atoms with Crippen molar-refractivity contribution < 1.29 is 4.79 Å². The Morgan fingerprint density at radius 2 is 1.81 bits per heavy atom. The Hall–Kier alpha value is -2.34. The van der Waals surface area contributed by atoms with Crippen LogP contribution in [0.3, 0.4) is 0 Å². The molecule has 4 rings (SSSR count). The first-order chi connectivity index (χ1) is 13.0. The fourth-order valence-corrected chi connectivity index (χ4v) is 3.62. The Balaban J connectivity index is 1.80. The number of anilines is 1. The lowest BCUT2D eigenvalue weighted by atomic mass is 10.0. The maximum absolute atomic E-state index is 12.8. The van der Waals surface area contributed by atoms with Crippen LogP contribution in [-0.4, -0.2) is 27.9 Å². The van der Waals surface area contributed by atoms with Crippen LogP contribution in [0.15, 0.2) is 53.8 Å². The van der Waals surface area contributed by atoms with Crippen molar-refractivity contribution in [1.82, 2.24) is 10.2 Å². The molecule has 1 atom stereocenters. The van der Waals surface area contributed by atoms with Crippen LogP contribution in [0.2, 0.25) is 15.1 Å². The fourth-order valence-electron chi connectivity index (χ4n) is 2.97. The quantitative estimate of drug-likeness (QED) is 0.642. The number of hydrogen-bond donors (Lipinski definition) is 2. The SMILES string of the molecule is O=C1Nc2ccc(Cl)cc2C(c2cn[nH]c2)=NC1Cc1ccc(Cl)cc1Cl. The highest BCUT2D eigenvalue weighted by molar-refractivity contribution is 6.35. The summed E-state index contributed by atoms with van der Waals surface area (Å²) in [5.41, 5.74) is 3.58. The Bertz CT molecular complexity index is 1050. The number of benzodiazepines with no additional fused rings is 1. The van der Waals surface area contributed by atoms with Crippen molar-refractivity contribution in [2.24, 2.45) is 4.99 Å². The molecule has 8 heteroatoms. The number of rotatable bonds is 3. The van der Waals surface area contributed by atoms with Crippen LogP contribution >= 0.6 is 34.8 Å². The van der Waals surface area contributed by atoms with E-state index in [1.807, 2.05) is 0 Å². The fraction of sp³-hybridized carbons (Fsp3) is 0.105. The van der Waals surface area contributed by atoms with Gasteiger partial charge < -0.3 is 5.32 Å². The Labute approximate surface area is 170 Å². The smallest absolute Gasteiger partial charge is 0.249 e. The van der Waals surface area contributed by atoms with Crippen molar-refractivity contribution in [3.05, 3.63) is 80.6 Å². The number of aromatic amines is 1. The van der Waals surface area contributed by atoms with E-state index in [2.05, 4.69) is 15.5 Å². The molecule has 0 spiro atoms. The Kier molecular flexibility index (Phi) is 4.91. The minimum absolute atomic E-state index is 0.219. The summed E-state index contributed by atoms with van der Waals surface area (Å²) >= 11 is 18.4. The van der Waals surface area contributed by atoms with Crippen LogP contribution < -0.4 is 5.32 Å². The lowest BCUT2D eigenvalue weighted by Crippen LogP contribution is -2.27. The molecule has 136 valence electrons. The first-order valence-electron chi connectivity index (χ1n) is 8.13. The van der Waals surface area contributed by atoms with Gasteiger partial charge in [0.25, 0.3) is 0 Å². The van der Waals surface area contributed by atoms with Gasteiger partial charge >= 0.3 is 0 Å². The minimum Gasteiger partial charge on any atom is -0.324 e. The van der Waals surface area contributed by atoms with Gasteiger partial charge in [-0.1, -0.05) is 40.9 Å². The third kappa shape index (κ3) is 3.72. The van der Waals surface area contributed by atoms with Crippen LogP contribution in [0, 0.1) is 0 Å². The van der Waals surface area contributed by atoms with Crippen molar-refractivity contribution in [1.29, 1.82) is 0 Å². The molecule has 2 heterocycles. The van der Waals surface area contributed by atoms with Gasteiger partial charge in [0.05, 0.1) is 17.6 Å². The molecule has 0 bridgehead atoms. The Morgan fingerprint density at radius 3 is 2.56 bits per heavy atom. The molecule has 0 aliphatic carbocycles. The maximum Gasteiger partial charge on any atom is 0.249 e. The van der Waals surface area contributed by atoms with Gasteiger partial charge in [-0.3, -0.25) is 14.9 Å². The maximum atomic E-state index is 12.8. The highest BCUT2D eigenvalue weighted by atomic mass is 35.5. The molecule has 0 saturated heterocycles. The van der Waals surface area contributed by atoms with Crippen molar-refractivity contribution in [3.8, 4) is 0 Å². The predicted molar refractivity (Wildman–Crippen MR) is 108 cm³/mol. The summed E-state index contributed by atoms with van der Waals surface area (Å²) in [7, 11) is 0. The molecule has 1 aromatic heterocycles. The van der Waals surface area contributed by atoms with Crippen LogP contribution in [-0.2, 0) is 11.2 Å². The lowest BCUT2D eigenvalue weighted by Gasteiger charge is -2.12. The number of carbonyl (C=O) groups is 1. The number of amides is 1. The number of carbonyl (C=O) groups excluding carboxylic acids is 1. The summed E-state index contributed by atoms with van der Waals surface area (Å²) in [6.45, 7) is 0. The predicted octanol–water partition coefficient (Wildman–Crippen LogP) is 4.77. The largest absolute Gasteiger partial charge is 0.324 e. The zero-order valence-electron chi connectivity index (χ0n) is 13.8. The summed E-state index contributed by atoms with van der Waals surface area (Å²) in [6, 6.07) is 9.81. The number of benzene rings is 2. The summed E-state index contributed by atoms with van der Waals surface area (Å²) in [5, 5.41) is 11.3. The van der Waals surface area contributed by atoms with E-state index < -0.39 is 6.04 Å². The van der Waals surface area contributed by atoms with Crippen molar-refractivity contribution in [2.75, 3.05) is 5.32 Å². The van der Waals surface area contributed by atoms with Crippen LogP contribution in [0.25, 0.3) is 0 Å². The lowest BCUT2D eigenvalue weighted by molar-refractivity contribution is -0.117. The van der Waals surface area contributed by atoms with Crippen LogP contribution in [0.5, 0.6) is 0 Å². The molecule has 3 aromatic rings. The number of H-pyrrole nitrogens is 1. The standard InChI is InChI=1S/C19H13Cl3N4O/c20-12-3-4-16-14(6-12)18(11-8-23-24-9-11)25-17(19(27)26-16)5-10-1-2-13(21)7-15(10)22/h1-4,6-9,17H,5H2,(H,23,24)(H,26,27). The van der Waals surface area contributed by atoms with E-state index in [1.54, 1.807) is 48.8 Å². The molecule has 0 saturated carbocycles. The van der Waals surface area contributed by atoms with E-state index in [-0.39, 0.29) is 5.91 Å². The normalized spacial score (nSPS) is 16.3. The zero-order valence-corrected chi connectivity index (χ0v) is 16.1. The van der Waals surface area contributed by atoms with Gasteiger partial charge in [-0.05, 0) is 35.9 Å². The second kappa shape index (κ2) is 7.35. The molecule has 0 fully saturated rings. The summed E-state index contributed by atoms with van der Waals surface area (Å²) in [5.74, 6) is -0.219. The molecule has 5 nitrogen and oxygen atoms in total. The van der Waals surface area contributed by atoms with Gasteiger partial charge in [-0.15, -0.1) is 0 Å². The van der Waals surface area contributed by atoms with E-state index in [0.717, 1.165) is 16.7 Å². The average Bonchev–Trinajstić information content (AvgIpc) is 3.12. The van der Waals surface area contributed by atoms with Gasteiger partial charge in [-0.2, -0.15) is 5.10 Å². The molecular formula is C19H13Cl3N4O. The molecule has 1 aliphatic heterocycles. The third-order valence-electron chi connectivity index (χ3n) is 4.28. The van der Waals surface area contributed by atoms with E-state index >= 15 is 0 Å². The Morgan fingerprint density at radius 1 is 1.04 bits per heavy atom. The summed E-state index contributed by atoms with van der Waals surface area (Å²) in [4.78, 5) is 17.6. The summed E-state index contributed by atoms with van der Waals surface area (Å²) < 4.78 is 0. The second-order valence-corrected chi connectivity index (χ2v) is 7.38. The van der Waals surface area contributed by atoms with Gasteiger partial charge in [0, 0.05) is 38.8 Å². The molecule has 2 N–H and O–H groups in total. The number of nitrogens with zero attached hydrogens (tertiary/aromatic N) is 2. The minimum atomic E-state index is -0.667. The van der Waals surface area contributed by atoms with Gasteiger partial charge in [0.15, 0.2) is 0 Å². The molecule has 1 aliphatic rings. The third-order valence-corrected chi connectivity index (χ3v) is 5.10. The van der Waals surface area contributed by atoms with E-state index in [1.165, 1.54) is 0 Å². The van der Waals surface area contributed by atoms with Crippen molar-refractivity contribution in [2.45, 2.75) is 12.5 Å². The number of aliphatic imine (C=N–C) groups is 1. The highest BCUT2D eigenvalue weighted by Crippen LogP contribution is 2.29. The molecule has 0 radical (unpaired) electrons. The van der Waals surface area contributed by atoms with Crippen LogP contribution in [0.4, 0.5) is 5.69 Å². The zero-order chi connectivity index (χ0) is 19.0.